The largest absolute Gasteiger partial charge is 0.314 e. The zero-order valence-corrected chi connectivity index (χ0v) is 11.7. The minimum Gasteiger partial charge on any atom is -0.314 e. The fourth-order valence-electron chi connectivity index (χ4n) is 2.10. The van der Waals surface area contributed by atoms with Crippen molar-refractivity contribution in [1.82, 2.24) is 10.2 Å². The number of hydrogen-bond donors (Lipinski definition) is 1. The van der Waals surface area contributed by atoms with Crippen molar-refractivity contribution in [1.29, 1.82) is 0 Å². The smallest absolute Gasteiger partial charge is 0.0477 e. The molecule has 2 rings (SSSR count). The quantitative estimate of drug-likeness (QED) is 0.860. The Kier molecular flexibility index (Phi) is 4.58. The summed E-state index contributed by atoms with van der Waals surface area (Å²) in [5.41, 5.74) is 0. The predicted molar refractivity (Wildman–Crippen MR) is 74.0 cm³/mol. The number of rotatable bonds is 4. The van der Waals surface area contributed by atoms with Crippen LogP contribution in [0, 0.1) is 0 Å². The van der Waals surface area contributed by atoms with E-state index in [-0.39, 0.29) is 0 Å². The van der Waals surface area contributed by atoms with Gasteiger partial charge in [-0.1, -0.05) is 6.08 Å². The molecule has 16 heavy (non-hydrogen) atoms. The molecule has 0 amide bonds. The lowest BCUT2D eigenvalue weighted by Gasteiger charge is -2.34. The van der Waals surface area contributed by atoms with Crippen LogP contribution in [0.4, 0.5) is 0 Å². The van der Waals surface area contributed by atoms with Crippen molar-refractivity contribution >= 4 is 27.3 Å². The average Bonchev–Trinajstić information content (AvgIpc) is 2.74. The summed E-state index contributed by atoms with van der Waals surface area (Å²) in [5.74, 6) is 0. The maximum Gasteiger partial charge on any atom is 0.0477 e. The monoisotopic (exact) mass is 300 g/mol. The molecule has 0 bridgehead atoms. The van der Waals surface area contributed by atoms with E-state index in [1.54, 1.807) is 0 Å². The van der Waals surface area contributed by atoms with Crippen molar-refractivity contribution in [3.8, 4) is 0 Å². The molecule has 1 N–H and O–H groups in total. The fourth-order valence-corrected chi connectivity index (χ4v) is 3.69. The SMILES string of the molecule is C=CC[C@@H](c1cc(Br)cs1)N1CCNCC1. The summed E-state index contributed by atoms with van der Waals surface area (Å²) in [7, 11) is 0. The van der Waals surface area contributed by atoms with Gasteiger partial charge in [-0.2, -0.15) is 0 Å². The van der Waals surface area contributed by atoms with Crippen molar-refractivity contribution in [2.75, 3.05) is 26.2 Å². The highest BCUT2D eigenvalue weighted by Crippen LogP contribution is 2.32. The predicted octanol–water partition coefficient (Wildman–Crippen LogP) is 3.03. The van der Waals surface area contributed by atoms with Gasteiger partial charge in [0.25, 0.3) is 0 Å². The zero-order valence-electron chi connectivity index (χ0n) is 9.29. The number of piperazine rings is 1. The Labute approximate surface area is 109 Å². The fraction of sp³-hybridized carbons (Fsp3) is 0.500. The first-order valence-electron chi connectivity index (χ1n) is 5.61. The summed E-state index contributed by atoms with van der Waals surface area (Å²) in [6.45, 7) is 8.34. The van der Waals surface area contributed by atoms with E-state index in [4.69, 9.17) is 0 Å². The van der Waals surface area contributed by atoms with Gasteiger partial charge in [0, 0.05) is 47.0 Å². The Morgan fingerprint density at radius 3 is 2.88 bits per heavy atom. The van der Waals surface area contributed by atoms with Crippen LogP contribution in [0.5, 0.6) is 0 Å². The van der Waals surface area contributed by atoms with Crippen LogP contribution >= 0.6 is 27.3 Å². The third-order valence-electron chi connectivity index (χ3n) is 2.90. The highest BCUT2D eigenvalue weighted by molar-refractivity contribution is 9.10. The Hall–Kier alpha value is -0.160. The first-order chi connectivity index (χ1) is 7.81. The number of nitrogens with one attached hydrogen (secondary N) is 1. The molecule has 2 heterocycles. The molecule has 1 aromatic rings. The van der Waals surface area contributed by atoms with E-state index >= 15 is 0 Å². The third kappa shape index (κ3) is 2.94. The molecule has 0 aromatic carbocycles. The second-order valence-corrected chi connectivity index (χ2v) is 5.85. The summed E-state index contributed by atoms with van der Waals surface area (Å²) in [6, 6.07) is 2.75. The maximum atomic E-state index is 3.88. The van der Waals surface area contributed by atoms with Crippen LogP contribution in [0.15, 0.2) is 28.6 Å². The van der Waals surface area contributed by atoms with Crippen LogP contribution in [0.1, 0.15) is 17.3 Å². The normalized spacial score (nSPS) is 19.6. The molecule has 0 saturated carbocycles. The number of nitrogens with zero attached hydrogens (tertiary/aromatic N) is 1. The average molecular weight is 301 g/mol. The second kappa shape index (κ2) is 5.96. The molecule has 0 aliphatic carbocycles. The van der Waals surface area contributed by atoms with Crippen molar-refractivity contribution in [2.45, 2.75) is 12.5 Å². The van der Waals surface area contributed by atoms with E-state index in [9.17, 15) is 0 Å². The standard InChI is InChI=1S/C12H17BrN2S/c1-2-3-11(12-8-10(13)9-16-12)15-6-4-14-5-7-15/h2,8-9,11,14H,1,3-7H2/t11-/m0/s1. The molecule has 1 aromatic heterocycles. The third-order valence-corrected chi connectivity index (χ3v) is 4.69. The second-order valence-electron chi connectivity index (χ2n) is 3.99. The molecular formula is C12H17BrN2S. The Morgan fingerprint density at radius 1 is 1.56 bits per heavy atom. The maximum absolute atomic E-state index is 3.88. The molecule has 1 aliphatic rings. The highest BCUT2D eigenvalue weighted by atomic mass is 79.9. The summed E-state index contributed by atoms with van der Waals surface area (Å²) >= 11 is 5.36. The summed E-state index contributed by atoms with van der Waals surface area (Å²) < 4.78 is 1.19. The van der Waals surface area contributed by atoms with E-state index in [2.05, 4.69) is 44.2 Å². The lowest BCUT2D eigenvalue weighted by molar-refractivity contribution is 0.177. The van der Waals surface area contributed by atoms with Crippen LogP contribution < -0.4 is 5.32 Å². The minimum absolute atomic E-state index is 0.510. The van der Waals surface area contributed by atoms with Gasteiger partial charge in [0.1, 0.15) is 0 Å². The Bertz CT molecular complexity index is 345. The Morgan fingerprint density at radius 2 is 2.31 bits per heavy atom. The number of thiophene rings is 1. The van der Waals surface area contributed by atoms with Gasteiger partial charge in [-0.05, 0) is 28.4 Å². The van der Waals surface area contributed by atoms with Crippen molar-refractivity contribution in [2.24, 2.45) is 0 Å². The van der Waals surface area contributed by atoms with Gasteiger partial charge in [0.2, 0.25) is 0 Å². The van der Waals surface area contributed by atoms with Gasteiger partial charge in [0.05, 0.1) is 0 Å². The minimum atomic E-state index is 0.510. The highest BCUT2D eigenvalue weighted by Gasteiger charge is 2.22. The topological polar surface area (TPSA) is 15.3 Å². The molecule has 0 spiro atoms. The van der Waals surface area contributed by atoms with E-state index in [1.165, 1.54) is 9.35 Å². The molecule has 2 nitrogen and oxygen atoms in total. The van der Waals surface area contributed by atoms with Crippen molar-refractivity contribution in [3.05, 3.63) is 33.5 Å². The molecule has 88 valence electrons. The first kappa shape index (κ1) is 12.3. The molecule has 1 atom stereocenters. The number of halogens is 1. The summed E-state index contributed by atoms with van der Waals surface area (Å²) in [5, 5.41) is 5.56. The van der Waals surface area contributed by atoms with Crippen molar-refractivity contribution < 1.29 is 0 Å². The van der Waals surface area contributed by atoms with E-state index in [0.717, 1.165) is 32.6 Å². The van der Waals surface area contributed by atoms with Crippen molar-refractivity contribution in [3.63, 3.8) is 0 Å². The van der Waals surface area contributed by atoms with Crippen LogP contribution in [-0.2, 0) is 0 Å². The Balaban J connectivity index is 2.12. The van der Waals surface area contributed by atoms with E-state index < -0.39 is 0 Å². The lowest BCUT2D eigenvalue weighted by atomic mass is 10.1. The van der Waals surface area contributed by atoms with E-state index in [0.29, 0.717) is 6.04 Å². The molecule has 0 radical (unpaired) electrons. The molecule has 1 aliphatic heterocycles. The molecular weight excluding hydrogens is 284 g/mol. The lowest BCUT2D eigenvalue weighted by Crippen LogP contribution is -2.44. The van der Waals surface area contributed by atoms with Gasteiger partial charge in [-0.3, -0.25) is 4.90 Å². The molecule has 1 saturated heterocycles. The first-order valence-corrected chi connectivity index (χ1v) is 7.28. The van der Waals surface area contributed by atoms with Gasteiger partial charge < -0.3 is 5.32 Å². The van der Waals surface area contributed by atoms with Crippen LogP contribution in [0.2, 0.25) is 0 Å². The zero-order chi connectivity index (χ0) is 11.4. The van der Waals surface area contributed by atoms with Gasteiger partial charge in [-0.15, -0.1) is 17.9 Å². The van der Waals surface area contributed by atoms with Gasteiger partial charge in [-0.25, -0.2) is 0 Å². The molecule has 4 heteroatoms. The summed E-state index contributed by atoms with van der Waals surface area (Å²) in [6.07, 6.45) is 3.06. The van der Waals surface area contributed by atoms with E-state index in [1.807, 2.05) is 17.4 Å². The summed E-state index contributed by atoms with van der Waals surface area (Å²) in [4.78, 5) is 3.99. The van der Waals surface area contributed by atoms with Gasteiger partial charge >= 0.3 is 0 Å². The van der Waals surface area contributed by atoms with Crippen LogP contribution in [0.25, 0.3) is 0 Å². The van der Waals surface area contributed by atoms with Crippen LogP contribution in [0.3, 0.4) is 0 Å². The van der Waals surface area contributed by atoms with Gasteiger partial charge in [0.15, 0.2) is 0 Å². The van der Waals surface area contributed by atoms with Crippen LogP contribution in [-0.4, -0.2) is 31.1 Å². The molecule has 0 unspecified atom stereocenters. The molecule has 1 fully saturated rings. The number of hydrogen-bond acceptors (Lipinski definition) is 3.